The third-order valence-electron chi connectivity index (χ3n) is 3.47. The van der Waals surface area contributed by atoms with E-state index in [0.29, 0.717) is 37.9 Å². The summed E-state index contributed by atoms with van der Waals surface area (Å²) in [5, 5.41) is 15.3. The highest BCUT2D eigenvalue weighted by molar-refractivity contribution is 5.74. The maximum absolute atomic E-state index is 12.0. The molecule has 1 aromatic rings. The summed E-state index contributed by atoms with van der Waals surface area (Å²) in [6.07, 6.45) is 0. The molecule has 1 unspecified atom stereocenters. The normalized spacial score (nSPS) is 17.5. The van der Waals surface area contributed by atoms with Gasteiger partial charge >= 0.3 is 12.0 Å². The van der Waals surface area contributed by atoms with E-state index >= 15 is 0 Å². The van der Waals surface area contributed by atoms with Gasteiger partial charge in [0.15, 0.2) is 5.82 Å². The van der Waals surface area contributed by atoms with Crippen molar-refractivity contribution in [2.45, 2.75) is 26.4 Å². The van der Waals surface area contributed by atoms with E-state index in [4.69, 9.17) is 9.63 Å². The molecule has 0 radical (unpaired) electrons. The molecule has 2 amide bonds. The van der Waals surface area contributed by atoms with Gasteiger partial charge in [-0.3, -0.25) is 9.69 Å². The number of aliphatic carboxylic acids is 1. The molecular weight excluding hydrogens is 278 g/mol. The predicted octanol–water partition coefficient (Wildman–Crippen LogP) is -0.322. The fourth-order valence-corrected chi connectivity index (χ4v) is 2.14. The number of carboxylic acid groups (broad SMARTS) is 1. The van der Waals surface area contributed by atoms with Crippen molar-refractivity contribution >= 4 is 12.0 Å². The second kappa shape index (κ2) is 6.53. The number of piperazine rings is 1. The van der Waals surface area contributed by atoms with Crippen LogP contribution in [-0.2, 0) is 11.3 Å². The van der Waals surface area contributed by atoms with Crippen LogP contribution < -0.4 is 5.32 Å². The minimum atomic E-state index is -0.848. The summed E-state index contributed by atoms with van der Waals surface area (Å²) < 4.78 is 4.91. The molecule has 116 valence electrons. The first-order chi connectivity index (χ1) is 9.97. The van der Waals surface area contributed by atoms with Gasteiger partial charge in [0.1, 0.15) is 6.04 Å². The summed E-state index contributed by atoms with van der Waals surface area (Å²) in [6, 6.07) is -0.745. The monoisotopic (exact) mass is 297 g/mol. The van der Waals surface area contributed by atoms with Gasteiger partial charge in [0.25, 0.3) is 0 Å². The SMILES string of the molecule is Cc1noc(CNC(=O)N2CCN(C(C)C(=O)O)CC2)n1. The van der Waals surface area contributed by atoms with Gasteiger partial charge in [0.05, 0.1) is 6.54 Å². The van der Waals surface area contributed by atoms with Crippen LogP contribution >= 0.6 is 0 Å². The quantitative estimate of drug-likeness (QED) is 0.783. The van der Waals surface area contributed by atoms with Gasteiger partial charge in [0.2, 0.25) is 5.89 Å². The molecule has 1 aliphatic rings. The van der Waals surface area contributed by atoms with Gasteiger partial charge in [-0.1, -0.05) is 5.16 Å². The van der Waals surface area contributed by atoms with Gasteiger partial charge < -0.3 is 19.8 Å². The fourth-order valence-electron chi connectivity index (χ4n) is 2.14. The van der Waals surface area contributed by atoms with E-state index < -0.39 is 12.0 Å². The maximum Gasteiger partial charge on any atom is 0.320 e. The summed E-state index contributed by atoms with van der Waals surface area (Å²) in [7, 11) is 0. The molecule has 0 saturated carbocycles. The van der Waals surface area contributed by atoms with Crippen LogP contribution in [0.5, 0.6) is 0 Å². The van der Waals surface area contributed by atoms with Gasteiger partial charge in [-0.05, 0) is 13.8 Å². The van der Waals surface area contributed by atoms with E-state index in [-0.39, 0.29) is 12.6 Å². The number of rotatable bonds is 4. The fraction of sp³-hybridized carbons (Fsp3) is 0.667. The molecule has 21 heavy (non-hydrogen) atoms. The van der Waals surface area contributed by atoms with Gasteiger partial charge in [-0.25, -0.2) is 4.79 Å². The topological polar surface area (TPSA) is 112 Å². The number of nitrogens with one attached hydrogen (secondary N) is 1. The molecule has 1 saturated heterocycles. The minimum absolute atomic E-state index is 0.186. The smallest absolute Gasteiger partial charge is 0.320 e. The number of carboxylic acids is 1. The first-order valence-electron chi connectivity index (χ1n) is 6.76. The zero-order valence-electron chi connectivity index (χ0n) is 12.1. The van der Waals surface area contributed by atoms with E-state index in [1.54, 1.807) is 18.7 Å². The largest absolute Gasteiger partial charge is 0.480 e. The van der Waals surface area contributed by atoms with Crippen molar-refractivity contribution < 1.29 is 19.2 Å². The molecule has 1 fully saturated rings. The number of aryl methyl sites for hydroxylation is 1. The molecule has 1 aromatic heterocycles. The van der Waals surface area contributed by atoms with E-state index in [2.05, 4.69) is 15.5 Å². The Bertz CT molecular complexity index is 510. The summed E-state index contributed by atoms with van der Waals surface area (Å²) in [5.74, 6) is 0.0363. The molecule has 2 N–H and O–H groups in total. The van der Waals surface area contributed by atoms with E-state index in [1.807, 2.05) is 4.90 Å². The Hall–Kier alpha value is -2.16. The lowest BCUT2D eigenvalue weighted by molar-refractivity contribution is -0.143. The molecule has 1 atom stereocenters. The standard InChI is InChI=1S/C12H19N5O4/c1-8(11(18)19)16-3-5-17(6-4-16)12(20)13-7-10-14-9(2)15-21-10/h8H,3-7H2,1-2H3,(H,13,20)(H,18,19). The highest BCUT2D eigenvalue weighted by atomic mass is 16.5. The van der Waals surface area contributed by atoms with Crippen LogP contribution in [0.3, 0.4) is 0 Å². The zero-order valence-corrected chi connectivity index (χ0v) is 12.1. The molecule has 9 heteroatoms. The average Bonchev–Trinajstić information content (AvgIpc) is 2.89. The molecule has 0 spiro atoms. The summed E-state index contributed by atoms with van der Waals surface area (Å²) >= 11 is 0. The highest BCUT2D eigenvalue weighted by Gasteiger charge is 2.27. The molecule has 0 aromatic carbocycles. The van der Waals surface area contributed by atoms with Crippen molar-refractivity contribution in [1.29, 1.82) is 0 Å². The predicted molar refractivity (Wildman–Crippen MR) is 71.5 cm³/mol. The number of urea groups is 1. The van der Waals surface area contributed by atoms with Crippen LogP contribution in [-0.4, -0.2) is 69.3 Å². The van der Waals surface area contributed by atoms with Crippen molar-refractivity contribution in [3.05, 3.63) is 11.7 Å². The molecule has 2 rings (SSSR count). The van der Waals surface area contributed by atoms with Crippen molar-refractivity contribution in [2.24, 2.45) is 0 Å². The first kappa shape index (κ1) is 15.2. The molecule has 0 aliphatic carbocycles. The van der Waals surface area contributed by atoms with Crippen LogP contribution in [0.15, 0.2) is 4.52 Å². The van der Waals surface area contributed by atoms with Gasteiger partial charge in [-0.2, -0.15) is 4.98 Å². The lowest BCUT2D eigenvalue weighted by Gasteiger charge is -2.36. The first-order valence-corrected chi connectivity index (χ1v) is 6.76. The van der Waals surface area contributed by atoms with Crippen molar-refractivity contribution in [2.75, 3.05) is 26.2 Å². The number of hydrogen-bond donors (Lipinski definition) is 2. The molecule has 0 bridgehead atoms. The number of amides is 2. The Balaban J connectivity index is 1.76. The summed E-state index contributed by atoms with van der Waals surface area (Å²) in [4.78, 5) is 30.4. The van der Waals surface area contributed by atoms with Crippen LogP contribution in [0, 0.1) is 6.92 Å². The van der Waals surface area contributed by atoms with E-state index in [0.717, 1.165) is 0 Å². The Kier molecular flexibility index (Phi) is 4.73. The third-order valence-corrected chi connectivity index (χ3v) is 3.47. The van der Waals surface area contributed by atoms with Crippen LogP contribution in [0.4, 0.5) is 4.79 Å². The molecule has 9 nitrogen and oxygen atoms in total. The minimum Gasteiger partial charge on any atom is -0.480 e. The second-order valence-corrected chi connectivity index (χ2v) is 4.93. The maximum atomic E-state index is 12.0. The number of hydrogen-bond acceptors (Lipinski definition) is 6. The lowest BCUT2D eigenvalue weighted by Crippen LogP contribution is -2.55. The Morgan fingerprint density at radius 1 is 1.38 bits per heavy atom. The second-order valence-electron chi connectivity index (χ2n) is 4.93. The number of carbonyl (C=O) groups excluding carboxylic acids is 1. The van der Waals surface area contributed by atoms with Crippen LogP contribution in [0.1, 0.15) is 18.6 Å². The lowest BCUT2D eigenvalue weighted by atomic mass is 10.2. The number of carbonyl (C=O) groups is 2. The molecule has 1 aliphatic heterocycles. The number of nitrogens with zero attached hydrogens (tertiary/aromatic N) is 4. The van der Waals surface area contributed by atoms with Crippen LogP contribution in [0.25, 0.3) is 0 Å². The van der Waals surface area contributed by atoms with Crippen molar-refractivity contribution in [3.8, 4) is 0 Å². The molecular formula is C12H19N5O4. The Morgan fingerprint density at radius 3 is 2.57 bits per heavy atom. The van der Waals surface area contributed by atoms with Gasteiger partial charge in [0, 0.05) is 26.2 Å². The zero-order chi connectivity index (χ0) is 15.4. The highest BCUT2D eigenvalue weighted by Crippen LogP contribution is 2.07. The Labute approximate surface area is 121 Å². The van der Waals surface area contributed by atoms with Crippen LogP contribution in [0.2, 0.25) is 0 Å². The summed E-state index contributed by atoms with van der Waals surface area (Å²) in [6.45, 7) is 5.61. The third kappa shape index (κ3) is 3.91. The Morgan fingerprint density at radius 2 is 2.05 bits per heavy atom. The van der Waals surface area contributed by atoms with E-state index in [9.17, 15) is 9.59 Å². The van der Waals surface area contributed by atoms with Crippen molar-refractivity contribution in [1.82, 2.24) is 25.3 Å². The van der Waals surface area contributed by atoms with E-state index in [1.165, 1.54) is 0 Å². The summed E-state index contributed by atoms with van der Waals surface area (Å²) in [5.41, 5.74) is 0. The average molecular weight is 297 g/mol. The molecule has 2 heterocycles. The van der Waals surface area contributed by atoms with Gasteiger partial charge in [-0.15, -0.1) is 0 Å². The number of aromatic nitrogens is 2. The van der Waals surface area contributed by atoms with Crippen molar-refractivity contribution in [3.63, 3.8) is 0 Å².